The smallest absolute Gasteiger partial charge is 0.395 e. The highest BCUT2D eigenvalue weighted by Crippen LogP contribution is 2.18. The average molecular weight is 480 g/mol. The van der Waals surface area contributed by atoms with Gasteiger partial charge in [0.1, 0.15) is 0 Å². The highest BCUT2D eigenvalue weighted by molar-refractivity contribution is 6.66. The van der Waals surface area contributed by atoms with Crippen molar-refractivity contribution in [1.82, 2.24) is 5.32 Å². The lowest BCUT2D eigenvalue weighted by Gasteiger charge is -2.28. The molecule has 0 fully saturated rings. The van der Waals surface area contributed by atoms with Crippen LogP contribution in [-0.4, -0.2) is 75.4 Å². The topological polar surface area (TPSA) is 135 Å². The predicted molar refractivity (Wildman–Crippen MR) is 130 cm³/mol. The molecule has 184 valence electrons. The molecule has 0 rings (SSSR count). The normalized spacial score (nSPS) is 13.6. The van der Waals surface area contributed by atoms with E-state index in [2.05, 4.69) is 21.8 Å². The van der Waals surface area contributed by atoms with E-state index in [0.29, 0.717) is 52.2 Å². The zero-order valence-electron chi connectivity index (χ0n) is 20.4. The summed E-state index contributed by atoms with van der Waals surface area (Å²) in [6.45, 7) is 16.0. The van der Waals surface area contributed by atoms with Crippen LogP contribution < -0.4 is 16.8 Å². The van der Waals surface area contributed by atoms with Crippen LogP contribution in [0.1, 0.15) is 47.5 Å². The summed E-state index contributed by atoms with van der Waals surface area (Å²) < 4.78 is 29.2. The van der Waals surface area contributed by atoms with Gasteiger partial charge in [-0.05, 0) is 60.1 Å². The molecule has 0 saturated carbocycles. The molecule has 10 nitrogen and oxygen atoms in total. The van der Waals surface area contributed by atoms with Gasteiger partial charge in [0, 0.05) is 52.2 Å². The number of nitrogens with one attached hydrogen (secondary N) is 1. The Balaban J connectivity index is 4.45. The molecule has 0 amide bonds. The van der Waals surface area contributed by atoms with Crippen LogP contribution in [0.15, 0.2) is 9.98 Å². The Labute approximate surface area is 190 Å². The van der Waals surface area contributed by atoms with E-state index in [1.807, 2.05) is 34.6 Å². The standard InChI is InChI=1S/C19H45N5O5Si2/c1-7-25-30(6,26-8-2)16-12-14-22-18(20)24-19(21)23-15-13-17-31(27-9-3,28-10-4)29-11-5/h7-17H2,1-6H3,(H5,20,21,22,23,24). The maximum atomic E-state index is 5.92. The first-order valence-corrected chi connectivity index (χ1v) is 15.8. The van der Waals surface area contributed by atoms with Gasteiger partial charge in [0.25, 0.3) is 0 Å². The summed E-state index contributed by atoms with van der Waals surface area (Å²) in [6.07, 6.45) is 1.57. The van der Waals surface area contributed by atoms with Crippen molar-refractivity contribution in [3.63, 3.8) is 0 Å². The number of rotatable bonds is 18. The molecule has 0 aromatic rings. The quantitative estimate of drug-likeness (QED) is 0.118. The van der Waals surface area contributed by atoms with Crippen LogP contribution in [-0.2, 0) is 22.1 Å². The zero-order chi connectivity index (χ0) is 23.6. The lowest BCUT2D eigenvalue weighted by Crippen LogP contribution is -2.46. The predicted octanol–water partition coefficient (Wildman–Crippen LogP) is 2.18. The van der Waals surface area contributed by atoms with Crippen molar-refractivity contribution in [2.24, 2.45) is 21.5 Å². The van der Waals surface area contributed by atoms with Gasteiger partial charge in [-0.25, -0.2) is 0 Å². The highest BCUT2D eigenvalue weighted by Gasteiger charge is 2.39. The maximum absolute atomic E-state index is 5.92. The molecule has 0 unspecified atom stereocenters. The van der Waals surface area contributed by atoms with E-state index < -0.39 is 17.4 Å². The highest BCUT2D eigenvalue weighted by atomic mass is 28.4. The van der Waals surface area contributed by atoms with Crippen LogP contribution >= 0.6 is 0 Å². The Hall–Kier alpha value is -1.03. The van der Waals surface area contributed by atoms with Crippen LogP contribution in [0.2, 0.25) is 18.6 Å². The molecule has 0 aromatic heterocycles. The molecule has 0 bridgehead atoms. The Kier molecular flexibility index (Phi) is 16.9. The van der Waals surface area contributed by atoms with E-state index >= 15 is 0 Å². The van der Waals surface area contributed by atoms with Crippen LogP contribution in [0.5, 0.6) is 0 Å². The van der Waals surface area contributed by atoms with Crippen molar-refractivity contribution in [3.05, 3.63) is 0 Å². The number of aliphatic imine (C=N–C) groups is 2. The molecule has 0 spiro atoms. The van der Waals surface area contributed by atoms with Gasteiger partial charge in [-0.1, -0.05) is 0 Å². The summed E-state index contributed by atoms with van der Waals surface area (Å²) in [5, 5.41) is 2.82. The van der Waals surface area contributed by atoms with Crippen LogP contribution in [0, 0.1) is 0 Å². The second-order valence-corrected chi connectivity index (χ2v) is 12.9. The van der Waals surface area contributed by atoms with Gasteiger partial charge in [0.05, 0.1) is 0 Å². The fraction of sp³-hybridized carbons (Fsp3) is 0.895. The molecular weight excluding hydrogens is 434 g/mol. The minimum absolute atomic E-state index is 0.237. The number of hydrogen-bond acceptors (Lipinski definition) is 7. The van der Waals surface area contributed by atoms with Crippen LogP contribution in [0.4, 0.5) is 0 Å². The van der Waals surface area contributed by atoms with E-state index in [1.165, 1.54) is 0 Å². The second kappa shape index (κ2) is 17.5. The largest absolute Gasteiger partial charge is 0.500 e. The van der Waals surface area contributed by atoms with Crippen LogP contribution in [0.3, 0.4) is 0 Å². The summed E-state index contributed by atoms with van der Waals surface area (Å²) in [4.78, 5) is 8.62. The van der Waals surface area contributed by atoms with Gasteiger partial charge < -0.3 is 33.6 Å². The van der Waals surface area contributed by atoms with Crippen molar-refractivity contribution in [2.45, 2.75) is 66.1 Å². The van der Waals surface area contributed by atoms with Gasteiger partial charge in [-0.2, -0.15) is 0 Å². The Morgan fingerprint density at radius 3 is 1.45 bits per heavy atom. The van der Waals surface area contributed by atoms with E-state index in [0.717, 1.165) is 18.9 Å². The number of nitrogens with two attached hydrogens (primary N) is 2. The summed E-state index contributed by atoms with van der Waals surface area (Å²) in [7, 11) is -4.76. The number of nitrogens with zero attached hydrogens (tertiary/aromatic N) is 2. The van der Waals surface area contributed by atoms with Gasteiger partial charge in [-0.15, -0.1) is 0 Å². The Bertz CT molecular complexity index is 503. The lowest BCUT2D eigenvalue weighted by molar-refractivity contribution is 0.0710. The van der Waals surface area contributed by atoms with Crippen molar-refractivity contribution >= 4 is 29.3 Å². The summed E-state index contributed by atoms with van der Waals surface area (Å²) in [6, 6.07) is 1.55. The van der Waals surface area contributed by atoms with E-state index in [1.54, 1.807) is 0 Å². The molecule has 0 heterocycles. The van der Waals surface area contributed by atoms with E-state index in [4.69, 9.17) is 33.6 Å². The van der Waals surface area contributed by atoms with Gasteiger partial charge in [0.15, 0.2) is 11.9 Å². The van der Waals surface area contributed by atoms with Gasteiger partial charge in [0.2, 0.25) is 0 Å². The summed E-state index contributed by atoms with van der Waals surface area (Å²) in [5.41, 5.74) is 11.8. The zero-order valence-corrected chi connectivity index (χ0v) is 22.4. The van der Waals surface area contributed by atoms with Crippen molar-refractivity contribution in [1.29, 1.82) is 0 Å². The molecule has 0 aromatic carbocycles. The third kappa shape index (κ3) is 13.9. The maximum Gasteiger partial charge on any atom is 0.500 e. The van der Waals surface area contributed by atoms with E-state index in [9.17, 15) is 0 Å². The first-order valence-electron chi connectivity index (χ1n) is 11.4. The molecular formula is C19H45N5O5Si2. The third-order valence-corrected chi connectivity index (χ3v) is 10.5. The molecule has 0 aliphatic heterocycles. The second-order valence-electron chi connectivity index (χ2n) is 6.85. The average Bonchev–Trinajstić information content (AvgIpc) is 2.70. The fourth-order valence-electron chi connectivity index (χ4n) is 3.10. The molecule has 0 aliphatic carbocycles. The molecule has 0 atom stereocenters. The molecule has 31 heavy (non-hydrogen) atoms. The minimum atomic E-state index is -2.65. The molecule has 0 aliphatic rings. The monoisotopic (exact) mass is 479 g/mol. The lowest BCUT2D eigenvalue weighted by atomic mass is 10.5. The van der Waals surface area contributed by atoms with E-state index in [-0.39, 0.29) is 11.9 Å². The van der Waals surface area contributed by atoms with Gasteiger partial charge in [-0.3, -0.25) is 15.3 Å². The third-order valence-electron chi connectivity index (χ3n) is 4.24. The number of hydrogen-bond donors (Lipinski definition) is 3. The summed E-state index contributed by atoms with van der Waals surface area (Å²) >= 11 is 0. The van der Waals surface area contributed by atoms with Crippen molar-refractivity contribution in [2.75, 3.05) is 46.1 Å². The molecule has 12 heteroatoms. The first kappa shape index (κ1) is 30.0. The van der Waals surface area contributed by atoms with Gasteiger partial charge >= 0.3 is 17.4 Å². The minimum Gasteiger partial charge on any atom is -0.395 e. The summed E-state index contributed by atoms with van der Waals surface area (Å²) in [5.74, 6) is 0.486. The number of guanidine groups is 2. The first-order chi connectivity index (χ1) is 14.8. The molecule has 5 N–H and O–H groups in total. The Morgan fingerprint density at radius 2 is 1.06 bits per heavy atom. The Morgan fingerprint density at radius 1 is 0.677 bits per heavy atom. The SMILES string of the molecule is CCO[Si](C)(CCCN=C(N)NC(N)=NCCC[Si](OCC)(OCC)OCC)OCC. The molecule has 0 saturated heterocycles. The van der Waals surface area contributed by atoms with Crippen molar-refractivity contribution < 1.29 is 22.1 Å². The molecule has 0 radical (unpaired) electrons. The van der Waals surface area contributed by atoms with Crippen LogP contribution in [0.25, 0.3) is 0 Å². The van der Waals surface area contributed by atoms with Crippen molar-refractivity contribution in [3.8, 4) is 0 Å². The fourth-order valence-corrected chi connectivity index (χ4v) is 8.09.